The Balaban J connectivity index is 1.36. The van der Waals surface area contributed by atoms with Gasteiger partial charge in [-0.2, -0.15) is 4.31 Å². The molecular weight excluding hydrogens is 426 g/mol. The van der Waals surface area contributed by atoms with Crippen LogP contribution in [0.4, 0.5) is 5.69 Å². The van der Waals surface area contributed by atoms with Gasteiger partial charge in [0.25, 0.3) is 0 Å². The fourth-order valence-electron chi connectivity index (χ4n) is 3.83. The zero-order valence-corrected chi connectivity index (χ0v) is 18.8. The number of carbonyl (C=O) groups excluding carboxylic acids is 1. The van der Waals surface area contributed by atoms with Crippen LogP contribution in [0.15, 0.2) is 71.6 Å². The lowest BCUT2D eigenvalue weighted by atomic mass is 10.1. The number of benzene rings is 3. The van der Waals surface area contributed by atoms with Crippen LogP contribution in [0.25, 0.3) is 10.8 Å². The van der Waals surface area contributed by atoms with E-state index in [9.17, 15) is 13.2 Å². The van der Waals surface area contributed by atoms with Gasteiger partial charge in [0.2, 0.25) is 15.9 Å². The Morgan fingerprint density at radius 3 is 2.38 bits per heavy atom. The average Bonchev–Trinajstić information content (AvgIpc) is 2.83. The molecule has 1 aliphatic heterocycles. The van der Waals surface area contributed by atoms with Crippen LogP contribution >= 0.6 is 0 Å². The summed E-state index contributed by atoms with van der Waals surface area (Å²) >= 11 is 0. The van der Waals surface area contributed by atoms with E-state index in [-0.39, 0.29) is 30.4 Å². The Hall–Kier alpha value is -3.10. The van der Waals surface area contributed by atoms with E-state index in [4.69, 9.17) is 4.74 Å². The Bertz CT molecular complexity index is 1200. The van der Waals surface area contributed by atoms with Crippen molar-refractivity contribution < 1.29 is 17.9 Å². The van der Waals surface area contributed by atoms with E-state index in [1.807, 2.05) is 61.5 Å². The summed E-state index contributed by atoms with van der Waals surface area (Å²) in [6, 6.07) is 20.3. The molecule has 3 aromatic rings. The van der Waals surface area contributed by atoms with Crippen LogP contribution in [0.1, 0.15) is 6.92 Å². The number of sulfonamides is 1. The molecule has 0 spiro atoms. The average molecular weight is 454 g/mol. The van der Waals surface area contributed by atoms with E-state index in [0.717, 1.165) is 16.5 Å². The Labute approximate surface area is 188 Å². The summed E-state index contributed by atoms with van der Waals surface area (Å²) in [6.45, 7) is 3.85. The third-order valence-electron chi connectivity index (χ3n) is 5.57. The number of para-hydroxylation sites is 2. The number of rotatable bonds is 7. The third kappa shape index (κ3) is 4.71. The maximum Gasteiger partial charge on any atom is 0.243 e. The predicted molar refractivity (Wildman–Crippen MR) is 125 cm³/mol. The van der Waals surface area contributed by atoms with Crippen molar-refractivity contribution in [2.75, 3.05) is 44.6 Å². The van der Waals surface area contributed by atoms with Gasteiger partial charge in [0.15, 0.2) is 0 Å². The topological polar surface area (TPSA) is 79.0 Å². The first-order chi connectivity index (χ1) is 15.5. The summed E-state index contributed by atoms with van der Waals surface area (Å²) in [4.78, 5) is 14.6. The number of hydrogen-bond donors (Lipinski definition) is 1. The van der Waals surface area contributed by atoms with Crippen molar-refractivity contribution in [1.82, 2.24) is 9.21 Å². The molecule has 1 saturated heterocycles. The number of carbonyl (C=O) groups is 1. The molecule has 32 heavy (non-hydrogen) atoms. The van der Waals surface area contributed by atoms with Gasteiger partial charge in [0.1, 0.15) is 5.75 Å². The summed E-state index contributed by atoms with van der Waals surface area (Å²) in [5.41, 5.74) is 0.764. The number of fused-ring (bicyclic) bond motifs is 1. The molecule has 1 N–H and O–H groups in total. The van der Waals surface area contributed by atoms with Crippen molar-refractivity contribution in [3.05, 3.63) is 66.7 Å². The van der Waals surface area contributed by atoms with Gasteiger partial charge in [-0.15, -0.1) is 0 Å². The normalized spacial score (nSPS) is 15.0. The second kappa shape index (κ2) is 9.58. The van der Waals surface area contributed by atoms with Gasteiger partial charge in [0, 0.05) is 26.2 Å². The number of hydrogen-bond acceptors (Lipinski definition) is 5. The summed E-state index contributed by atoms with van der Waals surface area (Å²) in [6.07, 6.45) is 0. The molecule has 0 bridgehead atoms. The van der Waals surface area contributed by atoms with Crippen LogP contribution in [-0.2, 0) is 14.8 Å². The number of nitrogens with zero attached hydrogens (tertiary/aromatic N) is 2. The van der Waals surface area contributed by atoms with E-state index in [1.165, 1.54) is 4.31 Å². The van der Waals surface area contributed by atoms with Gasteiger partial charge in [-0.1, -0.05) is 42.5 Å². The van der Waals surface area contributed by atoms with Crippen LogP contribution < -0.4 is 10.1 Å². The summed E-state index contributed by atoms with van der Waals surface area (Å²) in [5.74, 6) is 0.633. The highest BCUT2D eigenvalue weighted by Gasteiger charge is 2.30. The smallest absolute Gasteiger partial charge is 0.243 e. The van der Waals surface area contributed by atoms with Crippen molar-refractivity contribution in [1.29, 1.82) is 0 Å². The lowest BCUT2D eigenvalue weighted by molar-refractivity contribution is -0.130. The SMILES string of the molecule is CCOc1ccccc1NCC(=O)N1CCN(S(=O)(=O)c2ccc3ccccc3c2)CC1. The van der Waals surface area contributed by atoms with Gasteiger partial charge in [-0.05, 0) is 42.0 Å². The van der Waals surface area contributed by atoms with Crippen LogP contribution in [0.2, 0.25) is 0 Å². The van der Waals surface area contributed by atoms with Gasteiger partial charge in [-0.3, -0.25) is 4.79 Å². The monoisotopic (exact) mass is 453 g/mol. The predicted octanol–water partition coefficient (Wildman–Crippen LogP) is 3.18. The molecule has 1 aliphatic rings. The maximum absolute atomic E-state index is 13.1. The fraction of sp³-hybridized carbons (Fsp3) is 0.292. The third-order valence-corrected chi connectivity index (χ3v) is 7.46. The largest absolute Gasteiger partial charge is 0.492 e. The van der Waals surface area contributed by atoms with E-state index < -0.39 is 10.0 Å². The minimum absolute atomic E-state index is 0.0703. The summed E-state index contributed by atoms with van der Waals surface area (Å²) < 4.78 is 33.3. The molecule has 3 aromatic carbocycles. The van der Waals surface area contributed by atoms with Gasteiger partial charge >= 0.3 is 0 Å². The Morgan fingerprint density at radius 2 is 1.62 bits per heavy atom. The minimum Gasteiger partial charge on any atom is -0.492 e. The van der Waals surface area contributed by atoms with Crippen molar-refractivity contribution >= 4 is 32.4 Å². The number of amides is 1. The standard InChI is InChI=1S/C24H27N3O4S/c1-2-31-23-10-6-5-9-22(23)25-18-24(28)26-13-15-27(16-14-26)32(29,30)21-12-11-19-7-3-4-8-20(19)17-21/h3-12,17,25H,2,13-16,18H2,1H3. The number of anilines is 1. The van der Waals surface area contributed by atoms with Crippen LogP contribution in [0.3, 0.4) is 0 Å². The highest BCUT2D eigenvalue weighted by atomic mass is 32.2. The van der Waals surface area contributed by atoms with E-state index in [1.54, 1.807) is 17.0 Å². The minimum atomic E-state index is -3.61. The molecule has 1 fully saturated rings. The highest BCUT2D eigenvalue weighted by Crippen LogP contribution is 2.24. The molecule has 0 aliphatic carbocycles. The molecule has 0 unspecified atom stereocenters. The lowest BCUT2D eigenvalue weighted by Crippen LogP contribution is -2.51. The second-order valence-corrected chi connectivity index (χ2v) is 9.51. The van der Waals surface area contributed by atoms with Gasteiger partial charge in [-0.25, -0.2) is 8.42 Å². The number of ether oxygens (including phenoxy) is 1. The van der Waals surface area contributed by atoms with E-state index in [0.29, 0.717) is 25.4 Å². The van der Waals surface area contributed by atoms with Crippen molar-refractivity contribution in [3.8, 4) is 5.75 Å². The van der Waals surface area contributed by atoms with Crippen LogP contribution in [-0.4, -0.2) is 62.9 Å². The maximum atomic E-state index is 13.1. The van der Waals surface area contributed by atoms with Crippen molar-refractivity contribution in [3.63, 3.8) is 0 Å². The molecule has 0 radical (unpaired) electrons. The zero-order valence-electron chi connectivity index (χ0n) is 18.0. The Kier molecular flexibility index (Phi) is 6.62. The molecule has 1 amide bonds. The molecule has 0 saturated carbocycles. The van der Waals surface area contributed by atoms with Crippen LogP contribution in [0, 0.1) is 0 Å². The first-order valence-corrected chi connectivity index (χ1v) is 12.2. The molecule has 4 rings (SSSR count). The lowest BCUT2D eigenvalue weighted by Gasteiger charge is -2.34. The molecule has 1 heterocycles. The summed E-state index contributed by atoms with van der Waals surface area (Å²) in [5, 5.41) is 5.02. The van der Waals surface area contributed by atoms with Gasteiger partial charge < -0.3 is 15.0 Å². The second-order valence-electron chi connectivity index (χ2n) is 7.58. The number of nitrogens with one attached hydrogen (secondary N) is 1. The zero-order chi connectivity index (χ0) is 22.6. The number of piperazine rings is 1. The van der Waals surface area contributed by atoms with E-state index in [2.05, 4.69) is 5.32 Å². The van der Waals surface area contributed by atoms with Crippen molar-refractivity contribution in [2.24, 2.45) is 0 Å². The van der Waals surface area contributed by atoms with Crippen LogP contribution in [0.5, 0.6) is 5.75 Å². The molecular formula is C24H27N3O4S. The van der Waals surface area contributed by atoms with Gasteiger partial charge in [0.05, 0.1) is 23.7 Å². The molecule has 0 atom stereocenters. The summed E-state index contributed by atoms with van der Waals surface area (Å²) in [7, 11) is -3.61. The fourth-order valence-corrected chi connectivity index (χ4v) is 5.29. The molecule has 0 aromatic heterocycles. The molecule has 168 valence electrons. The molecule has 7 nitrogen and oxygen atoms in total. The van der Waals surface area contributed by atoms with E-state index >= 15 is 0 Å². The first-order valence-electron chi connectivity index (χ1n) is 10.7. The highest BCUT2D eigenvalue weighted by molar-refractivity contribution is 7.89. The Morgan fingerprint density at radius 1 is 0.938 bits per heavy atom. The van der Waals surface area contributed by atoms with Crippen molar-refractivity contribution in [2.45, 2.75) is 11.8 Å². The quantitative estimate of drug-likeness (QED) is 0.595. The first kappa shape index (κ1) is 22.1. The molecule has 8 heteroatoms.